The third-order valence-electron chi connectivity index (χ3n) is 8.03. The highest BCUT2D eigenvalue weighted by Gasteiger charge is 2.35. The van der Waals surface area contributed by atoms with Crippen LogP contribution in [0.5, 0.6) is 0 Å². The van der Waals surface area contributed by atoms with Crippen molar-refractivity contribution in [2.24, 2.45) is 17.8 Å². The zero-order chi connectivity index (χ0) is 20.9. The van der Waals surface area contributed by atoms with Crippen LogP contribution in [0, 0.1) is 23.6 Å². The van der Waals surface area contributed by atoms with Gasteiger partial charge in [0, 0.05) is 5.39 Å². The number of hydrogen-bond acceptors (Lipinski definition) is 0. The SMILES string of the molecule is C/C=C/CCc1ccc2cc([C@@H]3CC[C@@H]4CC(CCCC)CCC4C3)ccc2c1F. The summed E-state index contributed by atoms with van der Waals surface area (Å²) in [5.74, 6) is 3.53. The van der Waals surface area contributed by atoms with Crippen LogP contribution in [0.1, 0.15) is 95.1 Å². The fourth-order valence-electron chi connectivity index (χ4n) is 6.25. The van der Waals surface area contributed by atoms with Crippen LogP contribution >= 0.6 is 0 Å². The minimum absolute atomic E-state index is 0.0161. The Bertz CT molecular complexity index is 864. The molecule has 0 nitrogen and oxygen atoms in total. The summed E-state index contributed by atoms with van der Waals surface area (Å²) in [4.78, 5) is 0. The number of rotatable bonds is 7. The average molecular weight is 407 g/mol. The zero-order valence-electron chi connectivity index (χ0n) is 19.0. The molecular formula is C29H39F. The number of halogens is 1. The summed E-state index contributed by atoms with van der Waals surface area (Å²) in [5, 5.41) is 1.87. The van der Waals surface area contributed by atoms with Gasteiger partial charge in [-0.25, -0.2) is 4.39 Å². The van der Waals surface area contributed by atoms with Crippen molar-refractivity contribution in [1.82, 2.24) is 0 Å². The van der Waals surface area contributed by atoms with Crippen molar-refractivity contribution in [3.63, 3.8) is 0 Å². The molecule has 2 fully saturated rings. The summed E-state index contributed by atoms with van der Waals surface area (Å²) in [6, 6.07) is 10.7. The Labute approximate surface area is 183 Å². The Morgan fingerprint density at radius 1 is 1.00 bits per heavy atom. The summed E-state index contributed by atoms with van der Waals surface area (Å²) in [6.07, 6.45) is 18.5. The maximum absolute atomic E-state index is 15.0. The predicted molar refractivity (Wildman–Crippen MR) is 127 cm³/mol. The van der Waals surface area contributed by atoms with E-state index in [1.54, 1.807) is 0 Å². The number of benzene rings is 2. The maximum Gasteiger partial charge on any atom is 0.134 e. The second-order valence-electron chi connectivity index (χ2n) is 9.98. The van der Waals surface area contributed by atoms with Gasteiger partial charge in [0.15, 0.2) is 0 Å². The van der Waals surface area contributed by atoms with Crippen molar-refractivity contribution in [2.75, 3.05) is 0 Å². The number of unbranched alkanes of at least 4 members (excludes halogenated alkanes) is 1. The largest absolute Gasteiger partial charge is 0.206 e. The molecule has 0 radical (unpaired) electrons. The van der Waals surface area contributed by atoms with E-state index in [1.165, 1.54) is 63.4 Å². The molecule has 4 rings (SSSR count). The van der Waals surface area contributed by atoms with Crippen LogP contribution in [0.3, 0.4) is 0 Å². The molecule has 2 aliphatic carbocycles. The molecule has 0 saturated heterocycles. The molecule has 2 aromatic carbocycles. The van der Waals surface area contributed by atoms with Gasteiger partial charge in [-0.3, -0.25) is 0 Å². The standard InChI is InChI=1S/C29H39F/c1-3-5-7-9-22-12-15-27-20-26(16-17-28(27)29(22)30)25-14-13-23-18-21(8-6-4-2)10-11-24(23)19-25/h3,5,12,15-17,20-21,23-25H,4,6-11,13-14,18-19H2,1-2H3/b5-3+/t21?,23-,24?,25-/m1/s1. The highest BCUT2D eigenvalue weighted by molar-refractivity contribution is 5.84. The highest BCUT2D eigenvalue weighted by Crippen LogP contribution is 2.48. The molecule has 2 unspecified atom stereocenters. The van der Waals surface area contributed by atoms with Crippen molar-refractivity contribution in [2.45, 2.75) is 90.4 Å². The summed E-state index contributed by atoms with van der Waals surface area (Å²) >= 11 is 0. The third-order valence-corrected chi connectivity index (χ3v) is 8.03. The topological polar surface area (TPSA) is 0 Å². The first-order valence-electron chi connectivity index (χ1n) is 12.5. The van der Waals surface area contributed by atoms with E-state index in [9.17, 15) is 4.39 Å². The van der Waals surface area contributed by atoms with Crippen LogP contribution in [0.25, 0.3) is 10.8 Å². The second-order valence-corrected chi connectivity index (χ2v) is 9.98. The Morgan fingerprint density at radius 3 is 2.67 bits per heavy atom. The Morgan fingerprint density at radius 2 is 1.83 bits per heavy atom. The molecule has 2 aliphatic rings. The van der Waals surface area contributed by atoms with Crippen molar-refractivity contribution >= 4 is 10.8 Å². The van der Waals surface area contributed by atoms with Crippen molar-refractivity contribution in [3.05, 3.63) is 59.4 Å². The minimum Gasteiger partial charge on any atom is -0.206 e. The lowest BCUT2D eigenvalue weighted by Crippen LogP contribution is -2.30. The molecule has 2 aromatic rings. The molecule has 0 amide bonds. The number of fused-ring (bicyclic) bond motifs is 2. The zero-order valence-corrected chi connectivity index (χ0v) is 19.0. The molecule has 2 saturated carbocycles. The van der Waals surface area contributed by atoms with Crippen molar-refractivity contribution < 1.29 is 4.39 Å². The molecule has 0 spiro atoms. The van der Waals surface area contributed by atoms with Gasteiger partial charge in [0.25, 0.3) is 0 Å². The summed E-state index contributed by atoms with van der Waals surface area (Å²) in [6.45, 7) is 4.33. The van der Waals surface area contributed by atoms with Gasteiger partial charge in [0.05, 0.1) is 0 Å². The smallest absolute Gasteiger partial charge is 0.134 e. The minimum atomic E-state index is -0.0161. The van der Waals surface area contributed by atoms with Crippen LogP contribution in [0.4, 0.5) is 4.39 Å². The van der Waals surface area contributed by atoms with E-state index >= 15 is 0 Å². The molecule has 30 heavy (non-hydrogen) atoms. The van der Waals surface area contributed by atoms with E-state index in [1.807, 2.05) is 25.1 Å². The lowest BCUT2D eigenvalue weighted by atomic mass is 9.63. The van der Waals surface area contributed by atoms with Crippen LogP contribution in [-0.2, 0) is 6.42 Å². The number of hydrogen-bond donors (Lipinski definition) is 0. The van der Waals surface area contributed by atoms with Crippen molar-refractivity contribution in [3.8, 4) is 0 Å². The molecule has 162 valence electrons. The number of allylic oxidation sites excluding steroid dienone is 2. The van der Waals surface area contributed by atoms with E-state index in [4.69, 9.17) is 0 Å². The molecular weight excluding hydrogens is 367 g/mol. The van der Waals surface area contributed by atoms with Crippen LogP contribution < -0.4 is 0 Å². The van der Waals surface area contributed by atoms with E-state index in [-0.39, 0.29) is 5.82 Å². The molecule has 0 N–H and O–H groups in total. The Balaban J connectivity index is 1.43. The lowest BCUT2D eigenvalue weighted by Gasteiger charge is -2.42. The van der Waals surface area contributed by atoms with Gasteiger partial charge in [0.2, 0.25) is 0 Å². The normalized spacial score (nSPS) is 26.9. The van der Waals surface area contributed by atoms with Crippen LogP contribution in [0.2, 0.25) is 0 Å². The Hall–Kier alpha value is -1.63. The van der Waals surface area contributed by atoms with Gasteiger partial charge in [0.1, 0.15) is 5.82 Å². The first-order valence-corrected chi connectivity index (χ1v) is 12.5. The van der Waals surface area contributed by atoms with Gasteiger partial charge < -0.3 is 0 Å². The van der Waals surface area contributed by atoms with E-state index in [0.717, 1.165) is 46.9 Å². The summed E-state index contributed by atoms with van der Waals surface area (Å²) < 4.78 is 15.0. The Kier molecular flexibility index (Phi) is 7.28. The summed E-state index contributed by atoms with van der Waals surface area (Å²) in [5.41, 5.74) is 2.28. The van der Waals surface area contributed by atoms with Gasteiger partial charge in [-0.05, 0) is 92.1 Å². The van der Waals surface area contributed by atoms with Crippen molar-refractivity contribution in [1.29, 1.82) is 0 Å². The monoisotopic (exact) mass is 406 g/mol. The first-order chi connectivity index (χ1) is 14.7. The fourth-order valence-corrected chi connectivity index (χ4v) is 6.25. The number of aryl methyl sites for hydroxylation is 1. The van der Waals surface area contributed by atoms with Gasteiger partial charge in [-0.1, -0.05) is 75.1 Å². The third kappa shape index (κ3) is 4.82. The quantitative estimate of drug-likeness (QED) is 0.402. The average Bonchev–Trinajstić information content (AvgIpc) is 2.78. The van der Waals surface area contributed by atoms with Crippen LogP contribution in [-0.4, -0.2) is 0 Å². The lowest BCUT2D eigenvalue weighted by molar-refractivity contribution is 0.113. The van der Waals surface area contributed by atoms with E-state index < -0.39 is 0 Å². The van der Waals surface area contributed by atoms with Crippen LogP contribution in [0.15, 0.2) is 42.5 Å². The predicted octanol–water partition coefficient (Wildman–Crippen LogP) is 8.98. The fraction of sp³-hybridized carbons (Fsp3) is 0.586. The van der Waals surface area contributed by atoms with Gasteiger partial charge in [-0.15, -0.1) is 0 Å². The second kappa shape index (κ2) is 10.1. The highest BCUT2D eigenvalue weighted by atomic mass is 19.1. The van der Waals surface area contributed by atoms with E-state index in [2.05, 4.69) is 31.2 Å². The van der Waals surface area contributed by atoms with Gasteiger partial charge >= 0.3 is 0 Å². The first kappa shape index (κ1) is 21.6. The molecule has 4 atom stereocenters. The summed E-state index contributed by atoms with van der Waals surface area (Å²) in [7, 11) is 0. The molecule has 0 heterocycles. The van der Waals surface area contributed by atoms with E-state index in [0.29, 0.717) is 5.92 Å². The maximum atomic E-state index is 15.0. The van der Waals surface area contributed by atoms with Gasteiger partial charge in [-0.2, -0.15) is 0 Å². The molecule has 0 bridgehead atoms. The molecule has 0 aliphatic heterocycles. The molecule has 0 aromatic heterocycles. The molecule has 1 heteroatoms.